The zero-order chi connectivity index (χ0) is 14.5. The Hall–Kier alpha value is -0.770. The van der Waals surface area contributed by atoms with E-state index in [-0.39, 0.29) is 12.0 Å². The highest BCUT2D eigenvalue weighted by molar-refractivity contribution is 6.42. The molecule has 3 nitrogen and oxygen atoms in total. The molecule has 1 aliphatic rings. The highest BCUT2D eigenvalue weighted by Crippen LogP contribution is 2.23. The Labute approximate surface area is 129 Å². The highest BCUT2D eigenvalue weighted by atomic mass is 35.5. The Balaban J connectivity index is 1.75. The number of likely N-dealkylation sites (tertiary alicyclic amines) is 1. The first kappa shape index (κ1) is 15.6. The molecule has 0 unspecified atom stereocenters. The molecule has 1 aromatic rings. The predicted octanol–water partition coefficient (Wildman–Crippen LogP) is 3.30. The van der Waals surface area contributed by atoms with Crippen LogP contribution in [0.2, 0.25) is 10.0 Å². The zero-order valence-electron chi connectivity index (χ0n) is 11.3. The largest absolute Gasteiger partial charge is 0.393 e. The van der Waals surface area contributed by atoms with Crippen LogP contribution in [0.4, 0.5) is 0 Å². The summed E-state index contributed by atoms with van der Waals surface area (Å²) in [4.78, 5) is 13.9. The van der Waals surface area contributed by atoms with Gasteiger partial charge in [-0.05, 0) is 43.4 Å². The predicted molar refractivity (Wildman–Crippen MR) is 81.2 cm³/mol. The number of aryl methyl sites for hydroxylation is 1. The summed E-state index contributed by atoms with van der Waals surface area (Å²) in [7, 11) is 0. The standard InChI is InChI=1S/C15H19Cl2NO2/c16-13-5-4-11(10-14(13)17)2-1-3-15(20)18-8-6-12(19)7-9-18/h4-5,10,12,19H,1-3,6-9H2. The van der Waals surface area contributed by atoms with E-state index in [0.717, 1.165) is 18.4 Å². The Bertz CT molecular complexity index is 471. The smallest absolute Gasteiger partial charge is 0.222 e. The minimum atomic E-state index is -0.241. The number of rotatable bonds is 4. The van der Waals surface area contributed by atoms with Gasteiger partial charge in [-0.3, -0.25) is 4.79 Å². The third-order valence-electron chi connectivity index (χ3n) is 3.66. The summed E-state index contributed by atoms with van der Waals surface area (Å²) >= 11 is 11.8. The summed E-state index contributed by atoms with van der Waals surface area (Å²) in [5.41, 5.74) is 1.10. The molecule has 2 rings (SSSR count). The van der Waals surface area contributed by atoms with Crippen molar-refractivity contribution in [3.8, 4) is 0 Å². The molecule has 1 amide bonds. The number of carbonyl (C=O) groups is 1. The second-order valence-corrected chi connectivity index (χ2v) is 6.03. The maximum Gasteiger partial charge on any atom is 0.222 e. The van der Waals surface area contributed by atoms with Crippen LogP contribution in [0.5, 0.6) is 0 Å². The van der Waals surface area contributed by atoms with Gasteiger partial charge in [-0.1, -0.05) is 29.3 Å². The molecule has 1 aliphatic heterocycles. The molecule has 0 atom stereocenters. The Morgan fingerprint density at radius 3 is 2.60 bits per heavy atom. The van der Waals surface area contributed by atoms with Gasteiger partial charge in [0.15, 0.2) is 0 Å². The summed E-state index contributed by atoms with van der Waals surface area (Å²) in [6.07, 6.45) is 3.30. The lowest BCUT2D eigenvalue weighted by Gasteiger charge is -2.29. The van der Waals surface area contributed by atoms with Crippen molar-refractivity contribution in [2.45, 2.75) is 38.2 Å². The Morgan fingerprint density at radius 2 is 1.95 bits per heavy atom. The zero-order valence-corrected chi connectivity index (χ0v) is 12.8. The van der Waals surface area contributed by atoms with Crippen LogP contribution in [-0.4, -0.2) is 35.1 Å². The van der Waals surface area contributed by atoms with E-state index in [4.69, 9.17) is 23.2 Å². The van der Waals surface area contributed by atoms with Gasteiger partial charge in [-0.2, -0.15) is 0 Å². The molecule has 1 fully saturated rings. The molecule has 110 valence electrons. The topological polar surface area (TPSA) is 40.5 Å². The second-order valence-electron chi connectivity index (χ2n) is 5.21. The molecule has 0 spiro atoms. The average molecular weight is 316 g/mol. The van der Waals surface area contributed by atoms with Crippen molar-refractivity contribution < 1.29 is 9.90 Å². The van der Waals surface area contributed by atoms with Crippen molar-refractivity contribution in [2.24, 2.45) is 0 Å². The molecule has 1 N–H and O–H groups in total. The first-order valence-corrected chi connectivity index (χ1v) is 7.71. The number of hydrogen-bond acceptors (Lipinski definition) is 2. The lowest BCUT2D eigenvalue weighted by Crippen LogP contribution is -2.39. The summed E-state index contributed by atoms with van der Waals surface area (Å²) in [5, 5.41) is 10.5. The fourth-order valence-corrected chi connectivity index (χ4v) is 2.73. The number of carbonyl (C=O) groups excluding carboxylic acids is 1. The molecule has 0 bridgehead atoms. The van der Waals surface area contributed by atoms with E-state index in [0.29, 0.717) is 42.4 Å². The third-order valence-corrected chi connectivity index (χ3v) is 4.40. The lowest BCUT2D eigenvalue weighted by molar-refractivity contribution is -0.133. The molecule has 1 saturated heterocycles. The van der Waals surface area contributed by atoms with Gasteiger partial charge in [0.25, 0.3) is 0 Å². The number of aliphatic hydroxyl groups excluding tert-OH is 1. The number of hydrogen-bond donors (Lipinski definition) is 1. The van der Waals surface area contributed by atoms with Gasteiger partial charge in [0.2, 0.25) is 5.91 Å². The third kappa shape index (κ3) is 4.37. The van der Waals surface area contributed by atoms with Gasteiger partial charge in [0, 0.05) is 19.5 Å². The van der Waals surface area contributed by atoms with E-state index in [9.17, 15) is 9.90 Å². The van der Waals surface area contributed by atoms with E-state index < -0.39 is 0 Å². The van der Waals surface area contributed by atoms with Crippen molar-refractivity contribution in [2.75, 3.05) is 13.1 Å². The minimum Gasteiger partial charge on any atom is -0.393 e. The van der Waals surface area contributed by atoms with Crippen LogP contribution in [0.25, 0.3) is 0 Å². The van der Waals surface area contributed by atoms with Crippen LogP contribution in [0.1, 0.15) is 31.2 Å². The van der Waals surface area contributed by atoms with E-state index in [1.165, 1.54) is 0 Å². The summed E-state index contributed by atoms with van der Waals surface area (Å²) < 4.78 is 0. The van der Waals surface area contributed by atoms with Gasteiger partial charge in [-0.15, -0.1) is 0 Å². The number of nitrogens with zero attached hydrogens (tertiary/aromatic N) is 1. The van der Waals surface area contributed by atoms with Gasteiger partial charge in [0.05, 0.1) is 16.1 Å². The van der Waals surface area contributed by atoms with Crippen LogP contribution >= 0.6 is 23.2 Å². The molecule has 0 radical (unpaired) electrons. The number of aliphatic hydroxyl groups is 1. The van der Waals surface area contributed by atoms with E-state index in [2.05, 4.69) is 0 Å². The molecule has 1 heterocycles. The van der Waals surface area contributed by atoms with Crippen LogP contribution < -0.4 is 0 Å². The fraction of sp³-hybridized carbons (Fsp3) is 0.533. The van der Waals surface area contributed by atoms with Crippen molar-refractivity contribution in [3.05, 3.63) is 33.8 Å². The van der Waals surface area contributed by atoms with Crippen molar-refractivity contribution in [1.29, 1.82) is 0 Å². The molecule has 0 aromatic heterocycles. The molecule has 5 heteroatoms. The highest BCUT2D eigenvalue weighted by Gasteiger charge is 2.20. The lowest BCUT2D eigenvalue weighted by atomic mass is 10.1. The van der Waals surface area contributed by atoms with Gasteiger partial charge >= 0.3 is 0 Å². The normalized spacial score (nSPS) is 16.4. The average Bonchev–Trinajstić information content (AvgIpc) is 2.43. The molecule has 20 heavy (non-hydrogen) atoms. The summed E-state index contributed by atoms with van der Waals surface area (Å²) in [5.74, 6) is 0.178. The van der Waals surface area contributed by atoms with Gasteiger partial charge in [-0.25, -0.2) is 0 Å². The van der Waals surface area contributed by atoms with Crippen LogP contribution in [-0.2, 0) is 11.2 Å². The fourth-order valence-electron chi connectivity index (χ4n) is 2.41. The molecule has 0 saturated carbocycles. The number of benzene rings is 1. The maximum absolute atomic E-state index is 12.0. The number of halogens is 2. The van der Waals surface area contributed by atoms with Gasteiger partial charge in [0.1, 0.15) is 0 Å². The molecular weight excluding hydrogens is 297 g/mol. The first-order chi connectivity index (χ1) is 9.56. The second kappa shape index (κ2) is 7.30. The SMILES string of the molecule is O=C(CCCc1ccc(Cl)c(Cl)c1)N1CCC(O)CC1. The van der Waals surface area contributed by atoms with Gasteiger partial charge < -0.3 is 10.0 Å². The van der Waals surface area contributed by atoms with Crippen molar-refractivity contribution >= 4 is 29.1 Å². The Kier molecular flexibility index (Phi) is 5.70. The van der Waals surface area contributed by atoms with E-state index in [1.807, 2.05) is 17.0 Å². The maximum atomic E-state index is 12.0. The monoisotopic (exact) mass is 315 g/mol. The Morgan fingerprint density at radius 1 is 1.25 bits per heavy atom. The molecular formula is C15H19Cl2NO2. The number of piperidine rings is 1. The molecule has 1 aromatic carbocycles. The summed E-state index contributed by atoms with van der Waals surface area (Å²) in [6, 6.07) is 5.58. The van der Waals surface area contributed by atoms with Crippen molar-refractivity contribution in [3.63, 3.8) is 0 Å². The van der Waals surface area contributed by atoms with Crippen LogP contribution in [0, 0.1) is 0 Å². The number of amides is 1. The van der Waals surface area contributed by atoms with Crippen LogP contribution in [0.3, 0.4) is 0 Å². The first-order valence-electron chi connectivity index (χ1n) is 6.96. The van der Waals surface area contributed by atoms with Crippen LogP contribution in [0.15, 0.2) is 18.2 Å². The molecule has 0 aliphatic carbocycles. The summed E-state index contributed by atoms with van der Waals surface area (Å²) in [6.45, 7) is 1.35. The minimum absolute atomic E-state index is 0.178. The van der Waals surface area contributed by atoms with Crippen molar-refractivity contribution in [1.82, 2.24) is 4.90 Å². The van der Waals surface area contributed by atoms with E-state index >= 15 is 0 Å². The van der Waals surface area contributed by atoms with E-state index in [1.54, 1.807) is 6.07 Å². The quantitative estimate of drug-likeness (QED) is 0.926.